The zero-order valence-electron chi connectivity index (χ0n) is 69.9. The molecule has 0 heteroatoms. The van der Waals surface area contributed by atoms with E-state index in [-0.39, 0.29) is 0 Å². The Balaban J connectivity index is 0.000000549. The van der Waals surface area contributed by atoms with E-state index in [1.54, 1.807) is 0 Å². The van der Waals surface area contributed by atoms with E-state index in [9.17, 15) is 0 Å². The molecule has 0 aliphatic heterocycles. The molecule has 0 aliphatic carbocycles. The molecule has 8 aromatic carbocycles. The summed E-state index contributed by atoms with van der Waals surface area (Å²) in [6.45, 7) is 88.6. The normalized spacial score (nSPS) is 10.8. The minimum absolute atomic E-state index is 0.642. The highest BCUT2D eigenvalue weighted by atomic mass is 14.2. The summed E-state index contributed by atoms with van der Waals surface area (Å²) < 4.78 is 0. The monoisotopic (exact) mass is 1300 g/mol. The first-order valence-electron chi connectivity index (χ1n) is 36.8. The maximum absolute atomic E-state index is 2.31. The van der Waals surface area contributed by atoms with Gasteiger partial charge in [-0.25, -0.2) is 0 Å². The van der Waals surface area contributed by atoms with Gasteiger partial charge >= 0.3 is 0 Å². The molecule has 0 aliphatic rings. The highest BCUT2D eigenvalue weighted by Gasteiger charge is 2.13. The van der Waals surface area contributed by atoms with Gasteiger partial charge in [0, 0.05) is 0 Å². The molecule has 96 heavy (non-hydrogen) atoms. The van der Waals surface area contributed by atoms with Crippen LogP contribution in [-0.2, 0) is 0 Å². The molecule has 8 aromatic rings. The van der Waals surface area contributed by atoms with Gasteiger partial charge in [0.1, 0.15) is 0 Å². The summed E-state index contributed by atoms with van der Waals surface area (Å²) in [6, 6.07) is 36.2. The van der Waals surface area contributed by atoms with Crippen LogP contribution in [0.4, 0.5) is 0 Å². The van der Waals surface area contributed by atoms with E-state index in [1.807, 2.05) is 0 Å². The summed E-state index contributed by atoms with van der Waals surface area (Å²) in [4.78, 5) is 0. The van der Waals surface area contributed by atoms with Gasteiger partial charge in [0.2, 0.25) is 0 Å². The van der Waals surface area contributed by atoms with Crippen LogP contribution in [0, 0.1) is 166 Å². The van der Waals surface area contributed by atoms with Crippen molar-refractivity contribution in [3.8, 4) is 0 Å². The van der Waals surface area contributed by atoms with Crippen LogP contribution in [0.25, 0.3) is 0 Å². The lowest BCUT2D eigenvalue weighted by atomic mass is 9.91. The molecule has 0 saturated heterocycles. The summed E-state index contributed by atoms with van der Waals surface area (Å²) in [5.74, 6) is 5.14. The zero-order valence-corrected chi connectivity index (χ0v) is 69.9. The zero-order chi connectivity index (χ0) is 74.4. The Morgan fingerprint density at radius 3 is 0.771 bits per heavy atom. The average Bonchev–Trinajstić information content (AvgIpc) is 1.37. The molecular formula is C96H144. The Bertz CT molecular complexity index is 3560. The first kappa shape index (κ1) is 87.8. The Kier molecular flexibility index (Phi) is 37.1. The largest absolute Gasteiger partial charge is 0.0588 e. The number of hydrogen-bond acceptors (Lipinski definition) is 0. The van der Waals surface area contributed by atoms with Crippen LogP contribution in [0.1, 0.15) is 336 Å². The molecule has 0 unspecified atom stereocenters. The van der Waals surface area contributed by atoms with Crippen molar-refractivity contribution in [2.75, 3.05) is 0 Å². The third-order valence-electron chi connectivity index (χ3n) is 20.3. The molecule has 0 spiro atoms. The van der Waals surface area contributed by atoms with Gasteiger partial charge in [-0.2, -0.15) is 0 Å². The first-order valence-corrected chi connectivity index (χ1v) is 36.8. The summed E-state index contributed by atoms with van der Waals surface area (Å²) in [5.41, 5.74) is 46.1. The molecule has 0 radical (unpaired) electrons. The second kappa shape index (κ2) is 40.6. The van der Waals surface area contributed by atoms with Crippen molar-refractivity contribution < 1.29 is 0 Å². The molecule has 0 heterocycles. The molecule has 0 amide bonds. The predicted octanol–water partition coefficient (Wildman–Crippen LogP) is 29.9. The van der Waals surface area contributed by atoms with E-state index in [0.717, 1.165) is 0 Å². The SMILES string of the molecule is Cc1cc(C(C)C)cc(C)c1C.Cc1cc(C)c(C(C)C)c(C)c1.Cc1cc(C)c(C(C)C)cc1C.Cc1cc(C)c(C(C)C)cc1C.Cc1cc(C)c(C)c(C(C)C)c1.Cc1ccc(C(C)C)c(C)c1C.Cc1ccc(C)c(C(C)C)c1C.Cc1ccc(C)c(C(C)C)c1C. The minimum atomic E-state index is 0.642. The quantitative estimate of drug-likeness (QED) is 0.142. The van der Waals surface area contributed by atoms with Crippen LogP contribution in [0.5, 0.6) is 0 Å². The fraction of sp³-hybridized carbons (Fsp3) is 0.500. The van der Waals surface area contributed by atoms with Crippen molar-refractivity contribution in [1.29, 1.82) is 0 Å². The number of aryl methyl sites for hydroxylation is 18. The Morgan fingerprint density at radius 1 is 0.156 bits per heavy atom. The fourth-order valence-electron chi connectivity index (χ4n) is 13.7. The number of rotatable bonds is 8. The topological polar surface area (TPSA) is 0 Å². The van der Waals surface area contributed by atoms with E-state index in [4.69, 9.17) is 0 Å². The van der Waals surface area contributed by atoms with Crippen LogP contribution in [0.2, 0.25) is 0 Å². The van der Waals surface area contributed by atoms with Gasteiger partial charge in [0.25, 0.3) is 0 Å². The van der Waals surface area contributed by atoms with Crippen molar-refractivity contribution >= 4 is 0 Å². The summed E-state index contributed by atoms with van der Waals surface area (Å²) >= 11 is 0. The van der Waals surface area contributed by atoms with E-state index >= 15 is 0 Å². The summed E-state index contributed by atoms with van der Waals surface area (Å²) in [6.07, 6.45) is 0. The van der Waals surface area contributed by atoms with Gasteiger partial charge in [0.15, 0.2) is 0 Å². The van der Waals surface area contributed by atoms with Crippen molar-refractivity contribution in [3.05, 3.63) is 275 Å². The highest BCUT2D eigenvalue weighted by molar-refractivity contribution is 5.45. The lowest BCUT2D eigenvalue weighted by Gasteiger charge is -2.15. The van der Waals surface area contributed by atoms with Crippen molar-refractivity contribution in [3.63, 3.8) is 0 Å². The van der Waals surface area contributed by atoms with Crippen LogP contribution in [0.15, 0.2) is 97.1 Å². The summed E-state index contributed by atoms with van der Waals surface area (Å²) in [5, 5.41) is 0. The maximum Gasteiger partial charge on any atom is -0.0213 e. The first-order chi connectivity index (χ1) is 44.2. The highest BCUT2D eigenvalue weighted by Crippen LogP contribution is 2.30. The number of benzene rings is 8. The van der Waals surface area contributed by atoms with Crippen molar-refractivity contribution in [2.24, 2.45) is 0 Å². The third kappa shape index (κ3) is 26.9. The smallest absolute Gasteiger partial charge is 0.0213 e. The van der Waals surface area contributed by atoms with Gasteiger partial charge in [0.05, 0.1) is 0 Å². The van der Waals surface area contributed by atoms with E-state index in [1.165, 1.54) is 178 Å². The second-order valence-electron chi connectivity index (χ2n) is 31.4. The van der Waals surface area contributed by atoms with Crippen LogP contribution < -0.4 is 0 Å². The Hall–Kier alpha value is -6.24. The molecule has 0 N–H and O–H groups in total. The van der Waals surface area contributed by atoms with E-state index in [2.05, 4.69) is 374 Å². The van der Waals surface area contributed by atoms with Crippen LogP contribution in [0.3, 0.4) is 0 Å². The van der Waals surface area contributed by atoms with E-state index < -0.39 is 0 Å². The molecule has 0 bridgehead atoms. The molecule has 0 aromatic heterocycles. The van der Waals surface area contributed by atoms with Crippen molar-refractivity contribution in [2.45, 2.75) is 324 Å². The van der Waals surface area contributed by atoms with Gasteiger partial charge in [-0.1, -0.05) is 219 Å². The third-order valence-corrected chi connectivity index (χ3v) is 20.3. The number of hydrogen-bond donors (Lipinski definition) is 0. The Labute approximate surface area is 595 Å². The van der Waals surface area contributed by atoms with Crippen LogP contribution >= 0.6 is 0 Å². The minimum Gasteiger partial charge on any atom is -0.0588 e. The fourth-order valence-corrected chi connectivity index (χ4v) is 13.7. The lowest BCUT2D eigenvalue weighted by molar-refractivity contribution is 0.843. The molecule has 8 rings (SSSR count). The molecule has 0 nitrogen and oxygen atoms in total. The summed E-state index contributed by atoms with van der Waals surface area (Å²) in [7, 11) is 0. The molecule has 528 valence electrons. The van der Waals surface area contributed by atoms with Gasteiger partial charge in [-0.15, -0.1) is 0 Å². The lowest BCUT2D eigenvalue weighted by Crippen LogP contribution is -1.97. The maximum atomic E-state index is 2.31. The van der Waals surface area contributed by atoms with Gasteiger partial charge in [-0.05, 0) is 380 Å². The molecule has 0 saturated carbocycles. The molecule has 0 fully saturated rings. The predicted molar refractivity (Wildman–Crippen MR) is 438 cm³/mol. The molecular weight excluding hydrogens is 1150 g/mol. The van der Waals surface area contributed by atoms with Crippen LogP contribution in [-0.4, -0.2) is 0 Å². The van der Waals surface area contributed by atoms with Gasteiger partial charge < -0.3 is 0 Å². The standard InChI is InChI=1S/8C12H18/c1-8(2)12-6-9(3)11(5)10(4)7-12;2*1-8(2)12-7-10(4)9(3)6-11(12)5;1-8(2)12-7-9(3)6-10(4)11(12)5;1-8(2)12-10(4)6-9(3)7-11(12)5;1-8(2)12-7-6-9(3)10(4)11(12)5;2*1-8(2)12-10(4)7-6-9(3)11(12)5/h8*6-8H,1-5H3. The average molecular weight is 1300 g/mol. The van der Waals surface area contributed by atoms with Gasteiger partial charge in [-0.3, -0.25) is 0 Å². The molecule has 0 atom stereocenters. The second-order valence-corrected chi connectivity index (χ2v) is 31.4. The van der Waals surface area contributed by atoms with E-state index in [0.29, 0.717) is 47.3 Å². The Morgan fingerprint density at radius 2 is 0.448 bits per heavy atom. The van der Waals surface area contributed by atoms with Crippen molar-refractivity contribution in [1.82, 2.24) is 0 Å².